The van der Waals surface area contributed by atoms with E-state index in [4.69, 9.17) is 9.82 Å². The van der Waals surface area contributed by atoms with E-state index < -0.39 is 0 Å². The number of nitrogens with one attached hydrogen (secondary N) is 1. The lowest BCUT2D eigenvalue weighted by molar-refractivity contribution is -0.133. The maximum atomic E-state index is 11.6. The monoisotopic (exact) mass is 449 g/mol. The Morgan fingerprint density at radius 3 is 2.75 bits per heavy atom. The number of hydrogen-bond acceptors (Lipinski definition) is 6. The summed E-state index contributed by atoms with van der Waals surface area (Å²) >= 11 is 1.57. The topological polar surface area (TPSA) is 81.9 Å². The molecule has 0 fully saturated rings. The normalized spacial score (nSPS) is 11.3. The van der Waals surface area contributed by atoms with Crippen LogP contribution in [0.3, 0.4) is 0 Å². The Kier molecular flexibility index (Phi) is 7.34. The summed E-state index contributed by atoms with van der Waals surface area (Å²) in [7, 11) is 0. The lowest BCUT2D eigenvalue weighted by Gasteiger charge is -2.09. The van der Waals surface area contributed by atoms with Crippen molar-refractivity contribution in [1.82, 2.24) is 25.2 Å². The highest BCUT2D eigenvalue weighted by Crippen LogP contribution is 2.28. The fourth-order valence-electron chi connectivity index (χ4n) is 3.62. The number of aryl methyl sites for hydroxylation is 1. The molecule has 2 heterocycles. The standard InChI is InChI=1S/C24H27N5O2S/c1-3-31-28-21(30)14-8-9-15-32-24-25-23-22(26-27-24)19-12-6-7-13-20(19)29(23)16-18-11-5-4-10-17(18)2/h4-7,10-13H,3,8-9,14-16H2,1-2H3,(H,28,30). The SMILES string of the molecule is CCONC(=O)CCCCSc1nnc2c3ccccc3n(Cc3ccccc3C)c2n1. The number of para-hydroxylation sites is 1. The number of thioether (sulfide) groups is 1. The summed E-state index contributed by atoms with van der Waals surface area (Å²) in [4.78, 5) is 21.4. The highest BCUT2D eigenvalue weighted by Gasteiger charge is 2.15. The minimum atomic E-state index is -0.0862. The zero-order chi connectivity index (χ0) is 22.3. The third-order valence-corrected chi connectivity index (χ3v) is 6.23. The first-order valence-electron chi connectivity index (χ1n) is 10.9. The van der Waals surface area contributed by atoms with Gasteiger partial charge in [-0.15, -0.1) is 10.2 Å². The van der Waals surface area contributed by atoms with Crippen molar-refractivity contribution in [2.75, 3.05) is 12.4 Å². The van der Waals surface area contributed by atoms with Gasteiger partial charge in [0.05, 0.1) is 12.1 Å². The van der Waals surface area contributed by atoms with E-state index in [1.165, 1.54) is 11.1 Å². The van der Waals surface area contributed by atoms with Crippen LogP contribution >= 0.6 is 11.8 Å². The van der Waals surface area contributed by atoms with Crippen molar-refractivity contribution in [2.45, 2.75) is 44.8 Å². The summed E-state index contributed by atoms with van der Waals surface area (Å²) < 4.78 is 2.23. The van der Waals surface area contributed by atoms with Crippen LogP contribution in [-0.2, 0) is 16.2 Å². The number of hydroxylamine groups is 1. The van der Waals surface area contributed by atoms with Crippen molar-refractivity contribution in [1.29, 1.82) is 0 Å². The van der Waals surface area contributed by atoms with Gasteiger partial charge in [-0.1, -0.05) is 54.2 Å². The summed E-state index contributed by atoms with van der Waals surface area (Å²) in [5.41, 5.74) is 7.71. The van der Waals surface area contributed by atoms with Gasteiger partial charge in [-0.25, -0.2) is 10.5 Å². The second-order valence-electron chi connectivity index (χ2n) is 7.56. The van der Waals surface area contributed by atoms with E-state index in [1.54, 1.807) is 11.8 Å². The zero-order valence-corrected chi connectivity index (χ0v) is 19.2. The molecule has 1 amide bonds. The first-order chi connectivity index (χ1) is 15.7. The number of carbonyl (C=O) groups excluding carboxylic acids is 1. The first-order valence-corrected chi connectivity index (χ1v) is 11.9. The number of fused-ring (bicyclic) bond motifs is 3. The smallest absolute Gasteiger partial charge is 0.243 e. The van der Waals surface area contributed by atoms with Crippen LogP contribution in [0, 0.1) is 6.92 Å². The van der Waals surface area contributed by atoms with Crippen LogP contribution in [0.25, 0.3) is 22.1 Å². The van der Waals surface area contributed by atoms with E-state index >= 15 is 0 Å². The quantitative estimate of drug-likeness (QED) is 0.215. The molecule has 7 nitrogen and oxygen atoms in total. The molecule has 2 aromatic carbocycles. The van der Waals surface area contributed by atoms with Crippen molar-refractivity contribution in [3.8, 4) is 0 Å². The summed E-state index contributed by atoms with van der Waals surface area (Å²) in [5, 5.41) is 10.6. The Hall–Kier alpha value is -2.97. The molecule has 0 spiro atoms. The van der Waals surface area contributed by atoms with Crippen molar-refractivity contribution in [3.63, 3.8) is 0 Å². The third-order valence-electron chi connectivity index (χ3n) is 5.30. The predicted octanol–water partition coefficient (Wildman–Crippen LogP) is 4.67. The van der Waals surface area contributed by atoms with Crippen molar-refractivity contribution in [2.24, 2.45) is 0 Å². The van der Waals surface area contributed by atoms with E-state index in [1.807, 2.05) is 19.1 Å². The molecular formula is C24H27N5O2S. The van der Waals surface area contributed by atoms with Gasteiger partial charge in [-0.3, -0.25) is 9.63 Å². The summed E-state index contributed by atoms with van der Waals surface area (Å²) in [6, 6.07) is 16.7. The Morgan fingerprint density at radius 1 is 1.09 bits per heavy atom. The van der Waals surface area contributed by atoms with Crippen molar-refractivity contribution in [3.05, 3.63) is 59.7 Å². The van der Waals surface area contributed by atoms with E-state index in [0.29, 0.717) is 18.2 Å². The average molecular weight is 450 g/mol. The molecule has 166 valence electrons. The molecule has 0 atom stereocenters. The summed E-state index contributed by atoms with van der Waals surface area (Å²) in [6.07, 6.45) is 2.12. The molecule has 2 aromatic heterocycles. The van der Waals surface area contributed by atoms with Crippen LogP contribution in [0.1, 0.15) is 37.3 Å². The van der Waals surface area contributed by atoms with Gasteiger partial charge in [0, 0.05) is 24.1 Å². The largest absolute Gasteiger partial charge is 0.319 e. The molecule has 0 aliphatic rings. The van der Waals surface area contributed by atoms with Gasteiger partial charge in [0.2, 0.25) is 11.1 Å². The molecule has 0 saturated heterocycles. The van der Waals surface area contributed by atoms with Crippen LogP contribution in [0.2, 0.25) is 0 Å². The maximum Gasteiger partial charge on any atom is 0.243 e. The van der Waals surface area contributed by atoms with Gasteiger partial charge in [0.1, 0.15) is 5.52 Å². The first kappa shape index (κ1) is 22.2. The van der Waals surface area contributed by atoms with E-state index in [9.17, 15) is 4.79 Å². The van der Waals surface area contributed by atoms with Gasteiger partial charge < -0.3 is 4.57 Å². The number of rotatable bonds is 10. The van der Waals surface area contributed by atoms with Gasteiger partial charge >= 0.3 is 0 Å². The minimum Gasteiger partial charge on any atom is -0.319 e. The van der Waals surface area contributed by atoms with Crippen LogP contribution in [0.15, 0.2) is 53.7 Å². The minimum absolute atomic E-state index is 0.0862. The number of nitrogens with zero attached hydrogens (tertiary/aromatic N) is 4. The van der Waals surface area contributed by atoms with Crippen LogP contribution in [-0.4, -0.2) is 38.0 Å². The lowest BCUT2D eigenvalue weighted by Crippen LogP contribution is -2.23. The highest BCUT2D eigenvalue weighted by atomic mass is 32.2. The number of benzene rings is 2. The second kappa shape index (κ2) is 10.6. The highest BCUT2D eigenvalue weighted by molar-refractivity contribution is 7.99. The van der Waals surface area contributed by atoms with Crippen molar-refractivity contribution >= 4 is 39.7 Å². The number of aromatic nitrogens is 4. The molecule has 0 unspecified atom stereocenters. The molecule has 0 aliphatic heterocycles. The molecule has 8 heteroatoms. The fraction of sp³-hybridized carbons (Fsp3) is 0.333. The van der Waals surface area contributed by atoms with Gasteiger partial charge in [-0.05, 0) is 43.9 Å². The van der Waals surface area contributed by atoms with Crippen LogP contribution in [0.4, 0.5) is 0 Å². The Morgan fingerprint density at radius 2 is 1.91 bits per heavy atom. The second-order valence-corrected chi connectivity index (χ2v) is 8.62. The van der Waals surface area contributed by atoms with Gasteiger partial charge in [-0.2, -0.15) is 0 Å². The molecular weight excluding hydrogens is 422 g/mol. The molecule has 0 saturated carbocycles. The Labute approximate surface area is 191 Å². The summed E-state index contributed by atoms with van der Waals surface area (Å²) in [6.45, 7) is 5.16. The molecule has 0 radical (unpaired) electrons. The maximum absolute atomic E-state index is 11.6. The molecule has 0 bridgehead atoms. The van der Waals surface area contributed by atoms with Gasteiger partial charge in [0.25, 0.3) is 0 Å². The van der Waals surface area contributed by atoms with Crippen LogP contribution < -0.4 is 5.48 Å². The number of unbranched alkanes of at least 4 members (excludes halogenated alkanes) is 1. The molecule has 0 aliphatic carbocycles. The van der Waals surface area contributed by atoms with Gasteiger partial charge in [0.15, 0.2) is 5.65 Å². The molecule has 1 N–H and O–H groups in total. The van der Waals surface area contributed by atoms with E-state index in [0.717, 1.165) is 47.2 Å². The number of hydrogen-bond donors (Lipinski definition) is 1. The molecule has 4 aromatic rings. The third kappa shape index (κ3) is 5.08. The molecule has 4 rings (SSSR count). The number of carbonyl (C=O) groups is 1. The van der Waals surface area contributed by atoms with Crippen LogP contribution in [0.5, 0.6) is 0 Å². The average Bonchev–Trinajstić information content (AvgIpc) is 3.12. The van der Waals surface area contributed by atoms with E-state index in [2.05, 4.69) is 63.6 Å². The fourth-order valence-corrected chi connectivity index (χ4v) is 4.40. The Balaban J connectivity index is 1.51. The zero-order valence-electron chi connectivity index (χ0n) is 18.4. The Bertz CT molecular complexity index is 1220. The lowest BCUT2D eigenvalue weighted by atomic mass is 10.1. The molecule has 32 heavy (non-hydrogen) atoms. The van der Waals surface area contributed by atoms with E-state index in [-0.39, 0.29) is 5.91 Å². The predicted molar refractivity (Wildman–Crippen MR) is 127 cm³/mol. The summed E-state index contributed by atoms with van der Waals surface area (Å²) in [5.74, 6) is 0.740. The number of amides is 1. The van der Waals surface area contributed by atoms with Crippen molar-refractivity contribution < 1.29 is 9.63 Å².